The molecule has 4 rings (SSSR count). The number of H-pyrrole nitrogens is 1. The van der Waals surface area contributed by atoms with Crippen molar-refractivity contribution in [2.75, 3.05) is 0 Å². The molecule has 0 amide bonds. The first kappa shape index (κ1) is 12.8. The third-order valence-electron chi connectivity index (χ3n) is 4.06. The molecule has 106 valence electrons. The van der Waals surface area contributed by atoms with Gasteiger partial charge in [0.2, 0.25) is 0 Å². The lowest BCUT2D eigenvalue weighted by molar-refractivity contribution is 1.32. The van der Waals surface area contributed by atoms with Crippen molar-refractivity contribution < 1.29 is 0 Å². The number of nitrogens with zero attached hydrogens (tertiary/aromatic N) is 2. The molecule has 3 heterocycles. The van der Waals surface area contributed by atoms with Crippen molar-refractivity contribution in [1.82, 2.24) is 15.0 Å². The van der Waals surface area contributed by atoms with Gasteiger partial charge < -0.3 is 4.98 Å². The lowest BCUT2D eigenvalue weighted by Gasteiger charge is -2.06. The summed E-state index contributed by atoms with van der Waals surface area (Å²) in [6.07, 6.45) is 7.29. The van der Waals surface area contributed by atoms with Crippen LogP contribution in [0.2, 0.25) is 0 Å². The summed E-state index contributed by atoms with van der Waals surface area (Å²) < 4.78 is 0. The van der Waals surface area contributed by atoms with E-state index in [1.165, 1.54) is 22.1 Å². The number of fused-ring (bicyclic) bond motifs is 1. The zero-order valence-electron chi connectivity index (χ0n) is 12.2. The summed E-state index contributed by atoms with van der Waals surface area (Å²) in [5.74, 6) is 0. The van der Waals surface area contributed by atoms with E-state index in [9.17, 15) is 0 Å². The topological polar surface area (TPSA) is 41.6 Å². The Labute approximate surface area is 128 Å². The first-order valence-corrected chi connectivity index (χ1v) is 7.26. The largest absolute Gasteiger partial charge is 0.355 e. The Balaban J connectivity index is 1.89. The summed E-state index contributed by atoms with van der Waals surface area (Å²) in [6, 6.07) is 14.6. The Kier molecular flexibility index (Phi) is 2.97. The van der Waals surface area contributed by atoms with Crippen LogP contribution < -0.4 is 0 Å². The molecule has 0 atom stereocenters. The molecular formula is C19H15N3. The molecule has 0 saturated carbocycles. The number of aryl methyl sites for hydroxylation is 1. The molecule has 0 aliphatic rings. The molecule has 4 aromatic rings. The number of aromatic nitrogens is 3. The van der Waals surface area contributed by atoms with Gasteiger partial charge in [-0.2, -0.15) is 0 Å². The normalized spacial score (nSPS) is 11.0. The van der Waals surface area contributed by atoms with E-state index in [0.29, 0.717) is 0 Å². The number of benzene rings is 1. The molecule has 22 heavy (non-hydrogen) atoms. The van der Waals surface area contributed by atoms with Crippen LogP contribution in [0.3, 0.4) is 0 Å². The lowest BCUT2D eigenvalue weighted by Crippen LogP contribution is -1.84. The molecule has 0 radical (unpaired) electrons. The fraction of sp³-hybridized carbons (Fsp3) is 0.0526. The van der Waals surface area contributed by atoms with Crippen LogP contribution in [0.15, 0.2) is 67.3 Å². The van der Waals surface area contributed by atoms with Gasteiger partial charge in [0.25, 0.3) is 0 Å². The highest BCUT2D eigenvalue weighted by Crippen LogP contribution is 2.32. The molecule has 0 spiro atoms. The highest BCUT2D eigenvalue weighted by Gasteiger charge is 2.09. The number of nitrogens with one attached hydrogen (secondary N) is 1. The van der Waals surface area contributed by atoms with Crippen LogP contribution in [0.1, 0.15) is 5.56 Å². The molecule has 0 saturated heterocycles. The third kappa shape index (κ3) is 2.07. The first-order chi connectivity index (χ1) is 10.8. The molecule has 0 unspecified atom stereocenters. The van der Waals surface area contributed by atoms with Gasteiger partial charge in [-0.1, -0.05) is 6.07 Å². The molecule has 3 aromatic heterocycles. The number of hydrogen-bond donors (Lipinski definition) is 1. The average Bonchev–Trinajstić information content (AvgIpc) is 3.02. The highest BCUT2D eigenvalue weighted by molar-refractivity contribution is 5.93. The maximum atomic E-state index is 4.09. The Morgan fingerprint density at radius 2 is 1.41 bits per heavy atom. The minimum Gasteiger partial charge on any atom is -0.355 e. The van der Waals surface area contributed by atoms with E-state index >= 15 is 0 Å². The molecule has 0 bridgehead atoms. The molecule has 3 heteroatoms. The lowest BCUT2D eigenvalue weighted by atomic mass is 9.98. The number of pyridine rings is 2. The van der Waals surface area contributed by atoms with E-state index in [4.69, 9.17) is 0 Å². The predicted molar refractivity (Wildman–Crippen MR) is 89.5 cm³/mol. The molecule has 0 aliphatic carbocycles. The fourth-order valence-electron chi connectivity index (χ4n) is 2.88. The van der Waals surface area contributed by atoms with Crippen LogP contribution in [0.25, 0.3) is 33.3 Å². The molecule has 0 fully saturated rings. The first-order valence-electron chi connectivity index (χ1n) is 7.26. The minimum atomic E-state index is 1.12. The van der Waals surface area contributed by atoms with Crippen LogP contribution >= 0.6 is 0 Å². The van der Waals surface area contributed by atoms with Gasteiger partial charge in [0, 0.05) is 46.9 Å². The summed E-state index contributed by atoms with van der Waals surface area (Å²) in [5, 5.41) is 1.25. The van der Waals surface area contributed by atoms with Gasteiger partial charge in [0.1, 0.15) is 0 Å². The fourth-order valence-corrected chi connectivity index (χ4v) is 2.88. The second-order valence-electron chi connectivity index (χ2n) is 5.35. The molecular weight excluding hydrogens is 270 g/mol. The quantitative estimate of drug-likeness (QED) is 0.584. The van der Waals surface area contributed by atoms with Gasteiger partial charge in [-0.3, -0.25) is 9.97 Å². The van der Waals surface area contributed by atoms with Crippen molar-refractivity contribution in [1.29, 1.82) is 0 Å². The SMILES string of the molecule is Cc1c(-c2ccncc2)ccc2[nH]c(-c3ccncc3)cc12. The number of hydrogen-bond acceptors (Lipinski definition) is 2. The summed E-state index contributed by atoms with van der Waals surface area (Å²) in [5.41, 5.74) is 7.14. The van der Waals surface area contributed by atoms with Crippen LogP contribution in [-0.2, 0) is 0 Å². The Morgan fingerprint density at radius 1 is 0.773 bits per heavy atom. The highest BCUT2D eigenvalue weighted by atomic mass is 14.7. The maximum absolute atomic E-state index is 4.09. The van der Waals surface area contributed by atoms with E-state index in [-0.39, 0.29) is 0 Å². The van der Waals surface area contributed by atoms with Crippen molar-refractivity contribution >= 4 is 10.9 Å². The Bertz CT molecular complexity index is 925. The number of rotatable bonds is 2. The Morgan fingerprint density at radius 3 is 2.09 bits per heavy atom. The van der Waals surface area contributed by atoms with E-state index in [0.717, 1.165) is 16.8 Å². The summed E-state index contributed by atoms with van der Waals surface area (Å²) in [7, 11) is 0. The average molecular weight is 285 g/mol. The second-order valence-corrected chi connectivity index (χ2v) is 5.35. The van der Waals surface area contributed by atoms with Gasteiger partial charge in [-0.25, -0.2) is 0 Å². The summed E-state index contributed by atoms with van der Waals surface area (Å²) in [6.45, 7) is 2.17. The van der Waals surface area contributed by atoms with E-state index < -0.39 is 0 Å². The molecule has 1 aromatic carbocycles. The second kappa shape index (κ2) is 5.11. The van der Waals surface area contributed by atoms with Crippen molar-refractivity contribution in [3.8, 4) is 22.4 Å². The third-order valence-corrected chi connectivity index (χ3v) is 4.06. The van der Waals surface area contributed by atoms with E-state index in [2.05, 4.69) is 40.1 Å². The Hall–Kier alpha value is -2.94. The van der Waals surface area contributed by atoms with Gasteiger partial charge in [0.15, 0.2) is 0 Å². The molecule has 3 nitrogen and oxygen atoms in total. The van der Waals surface area contributed by atoms with Crippen LogP contribution in [0, 0.1) is 6.92 Å². The van der Waals surface area contributed by atoms with Crippen molar-refractivity contribution in [2.45, 2.75) is 6.92 Å². The molecule has 1 N–H and O–H groups in total. The van der Waals surface area contributed by atoms with Crippen LogP contribution in [0.4, 0.5) is 0 Å². The summed E-state index contributed by atoms with van der Waals surface area (Å²) in [4.78, 5) is 11.7. The maximum Gasteiger partial charge on any atom is 0.0466 e. The van der Waals surface area contributed by atoms with Gasteiger partial charge in [-0.15, -0.1) is 0 Å². The van der Waals surface area contributed by atoms with Gasteiger partial charge in [0.05, 0.1) is 0 Å². The van der Waals surface area contributed by atoms with E-state index in [1.54, 1.807) is 0 Å². The van der Waals surface area contributed by atoms with Crippen molar-refractivity contribution in [3.05, 3.63) is 72.8 Å². The summed E-state index contributed by atoms with van der Waals surface area (Å²) >= 11 is 0. The zero-order chi connectivity index (χ0) is 14.9. The van der Waals surface area contributed by atoms with Gasteiger partial charge >= 0.3 is 0 Å². The monoisotopic (exact) mass is 285 g/mol. The van der Waals surface area contributed by atoms with Crippen LogP contribution in [0.5, 0.6) is 0 Å². The zero-order valence-corrected chi connectivity index (χ0v) is 12.2. The van der Waals surface area contributed by atoms with Crippen LogP contribution in [-0.4, -0.2) is 15.0 Å². The van der Waals surface area contributed by atoms with Crippen molar-refractivity contribution in [3.63, 3.8) is 0 Å². The minimum absolute atomic E-state index is 1.12. The number of aromatic amines is 1. The standard InChI is InChI=1S/C19H15N3/c1-13-16(14-4-8-20-9-5-14)2-3-18-17(13)12-19(22-18)15-6-10-21-11-7-15/h2-12,22H,1H3. The van der Waals surface area contributed by atoms with Gasteiger partial charge in [-0.05, 0) is 60.0 Å². The molecule has 0 aliphatic heterocycles. The predicted octanol–water partition coefficient (Wildman–Crippen LogP) is 4.60. The smallest absolute Gasteiger partial charge is 0.0466 e. The van der Waals surface area contributed by atoms with Crippen molar-refractivity contribution in [2.24, 2.45) is 0 Å². The van der Waals surface area contributed by atoms with E-state index in [1.807, 2.05) is 49.1 Å².